The minimum Gasteiger partial charge on any atom is -0.381 e. The maximum atomic E-state index is 13.6. The molecule has 1 N–H and O–H groups in total. The molecule has 0 unspecified atom stereocenters. The Morgan fingerprint density at radius 3 is 2.74 bits per heavy atom. The van der Waals surface area contributed by atoms with E-state index >= 15 is 0 Å². The lowest BCUT2D eigenvalue weighted by Gasteiger charge is -2.10. The van der Waals surface area contributed by atoms with Crippen LogP contribution in [0.4, 0.5) is 10.1 Å². The van der Waals surface area contributed by atoms with Gasteiger partial charge in [-0.2, -0.15) is 10.4 Å². The van der Waals surface area contributed by atoms with Crippen molar-refractivity contribution in [3.8, 4) is 6.07 Å². The van der Waals surface area contributed by atoms with Gasteiger partial charge in [0.25, 0.3) is 0 Å². The molecule has 0 saturated heterocycles. The molecule has 5 heteroatoms. The lowest BCUT2D eigenvalue weighted by Crippen LogP contribution is -2.03. The second-order valence-corrected chi connectivity index (χ2v) is 4.51. The van der Waals surface area contributed by atoms with Gasteiger partial charge in [0.15, 0.2) is 0 Å². The number of nitrogens with zero attached hydrogens (tertiary/aromatic N) is 3. The van der Waals surface area contributed by atoms with E-state index in [0.717, 1.165) is 11.3 Å². The van der Waals surface area contributed by atoms with Gasteiger partial charge in [-0.25, -0.2) is 4.39 Å². The molecule has 1 aromatic carbocycles. The van der Waals surface area contributed by atoms with E-state index in [1.54, 1.807) is 17.7 Å². The molecule has 0 fully saturated rings. The molecule has 0 bridgehead atoms. The van der Waals surface area contributed by atoms with E-state index in [4.69, 9.17) is 5.26 Å². The van der Waals surface area contributed by atoms with Crippen LogP contribution in [0.1, 0.15) is 22.4 Å². The molecule has 4 nitrogen and oxygen atoms in total. The normalized spacial score (nSPS) is 10.3. The number of rotatable bonds is 3. The van der Waals surface area contributed by atoms with E-state index < -0.39 is 0 Å². The predicted octanol–water partition coefficient (Wildman–Crippen LogP) is 2.66. The quantitative estimate of drug-likeness (QED) is 0.920. The smallest absolute Gasteiger partial charge is 0.129 e. The van der Waals surface area contributed by atoms with Crippen LogP contribution >= 0.6 is 0 Å². The highest BCUT2D eigenvalue weighted by Crippen LogP contribution is 2.21. The fourth-order valence-electron chi connectivity index (χ4n) is 1.94. The second-order valence-electron chi connectivity index (χ2n) is 4.51. The Morgan fingerprint density at radius 1 is 1.42 bits per heavy atom. The molecule has 1 aromatic heterocycles. The number of hydrogen-bond acceptors (Lipinski definition) is 3. The molecule has 0 aliphatic rings. The molecule has 0 aliphatic carbocycles. The predicted molar refractivity (Wildman–Crippen MR) is 71.1 cm³/mol. The van der Waals surface area contributed by atoms with Crippen LogP contribution in [-0.4, -0.2) is 9.78 Å². The fraction of sp³-hybridized carbons (Fsp3) is 0.286. The molecule has 2 rings (SSSR count). The van der Waals surface area contributed by atoms with Crippen LogP contribution in [0.25, 0.3) is 0 Å². The number of hydrogen-bond donors (Lipinski definition) is 1. The number of aromatic nitrogens is 2. The van der Waals surface area contributed by atoms with E-state index in [2.05, 4.69) is 10.4 Å². The largest absolute Gasteiger partial charge is 0.381 e. The first kappa shape index (κ1) is 13.1. The maximum Gasteiger partial charge on any atom is 0.129 e. The van der Waals surface area contributed by atoms with Crippen molar-refractivity contribution in [3.05, 3.63) is 46.5 Å². The van der Waals surface area contributed by atoms with E-state index in [1.807, 2.05) is 26.2 Å². The maximum absolute atomic E-state index is 13.6. The van der Waals surface area contributed by atoms with E-state index in [-0.39, 0.29) is 5.82 Å². The van der Waals surface area contributed by atoms with Crippen LogP contribution in [0.3, 0.4) is 0 Å². The van der Waals surface area contributed by atoms with Crippen LogP contribution in [0, 0.1) is 31.0 Å². The minimum absolute atomic E-state index is 0.313. The SMILES string of the molecule is Cc1nn(C)cc1CNc1cc(C#N)cc(F)c1C. The van der Waals surface area contributed by atoms with Gasteiger partial charge in [-0.15, -0.1) is 0 Å². The first-order valence-corrected chi connectivity index (χ1v) is 5.94. The Kier molecular flexibility index (Phi) is 3.52. The number of nitrogens with one attached hydrogen (secondary N) is 1. The number of halogens is 1. The molecule has 98 valence electrons. The van der Waals surface area contributed by atoms with Gasteiger partial charge in [0, 0.05) is 36.6 Å². The Hall–Kier alpha value is -2.35. The van der Waals surface area contributed by atoms with Gasteiger partial charge >= 0.3 is 0 Å². The highest BCUT2D eigenvalue weighted by molar-refractivity contribution is 5.56. The van der Waals surface area contributed by atoms with E-state index in [9.17, 15) is 4.39 Å². The lowest BCUT2D eigenvalue weighted by atomic mass is 10.1. The van der Waals surface area contributed by atoms with Gasteiger partial charge in [0.05, 0.1) is 17.3 Å². The number of benzene rings is 1. The van der Waals surface area contributed by atoms with Gasteiger partial charge in [0.1, 0.15) is 5.82 Å². The van der Waals surface area contributed by atoms with Crippen LogP contribution in [0.5, 0.6) is 0 Å². The summed E-state index contributed by atoms with van der Waals surface area (Å²) in [6.45, 7) is 4.17. The van der Waals surface area contributed by atoms with Crippen molar-refractivity contribution in [2.24, 2.45) is 7.05 Å². The molecular weight excluding hydrogens is 243 g/mol. The summed E-state index contributed by atoms with van der Waals surface area (Å²) in [5.41, 5.74) is 3.45. The van der Waals surface area contributed by atoms with Crippen LogP contribution in [-0.2, 0) is 13.6 Å². The van der Waals surface area contributed by atoms with Crippen molar-refractivity contribution in [1.82, 2.24) is 9.78 Å². The molecule has 0 atom stereocenters. The summed E-state index contributed by atoms with van der Waals surface area (Å²) < 4.78 is 15.4. The zero-order valence-electron chi connectivity index (χ0n) is 11.2. The minimum atomic E-state index is -0.371. The summed E-state index contributed by atoms with van der Waals surface area (Å²) in [6, 6.07) is 4.86. The average molecular weight is 258 g/mol. The zero-order chi connectivity index (χ0) is 14.0. The third kappa shape index (κ3) is 2.74. The van der Waals surface area contributed by atoms with Crippen molar-refractivity contribution in [2.45, 2.75) is 20.4 Å². The molecular formula is C14H15FN4. The van der Waals surface area contributed by atoms with Gasteiger partial charge < -0.3 is 5.32 Å². The van der Waals surface area contributed by atoms with Crippen LogP contribution in [0.2, 0.25) is 0 Å². The zero-order valence-corrected chi connectivity index (χ0v) is 11.2. The van der Waals surface area contributed by atoms with Crippen molar-refractivity contribution in [2.75, 3.05) is 5.32 Å². The molecule has 0 aliphatic heterocycles. The highest BCUT2D eigenvalue weighted by Gasteiger charge is 2.08. The third-order valence-electron chi connectivity index (χ3n) is 3.06. The van der Waals surface area contributed by atoms with Crippen molar-refractivity contribution in [3.63, 3.8) is 0 Å². The summed E-state index contributed by atoms with van der Waals surface area (Å²) in [5.74, 6) is -0.371. The monoisotopic (exact) mass is 258 g/mol. The molecule has 0 saturated carbocycles. The fourth-order valence-corrected chi connectivity index (χ4v) is 1.94. The lowest BCUT2D eigenvalue weighted by molar-refractivity contribution is 0.618. The van der Waals surface area contributed by atoms with Gasteiger partial charge in [-0.05, 0) is 26.0 Å². The van der Waals surface area contributed by atoms with Gasteiger partial charge in [-0.1, -0.05) is 0 Å². The topological polar surface area (TPSA) is 53.6 Å². The van der Waals surface area contributed by atoms with Gasteiger partial charge in [-0.3, -0.25) is 4.68 Å². The highest BCUT2D eigenvalue weighted by atomic mass is 19.1. The van der Waals surface area contributed by atoms with Crippen molar-refractivity contribution >= 4 is 5.69 Å². The Labute approximate surface area is 111 Å². The summed E-state index contributed by atoms with van der Waals surface area (Å²) in [5, 5.41) is 16.3. The van der Waals surface area contributed by atoms with E-state index in [0.29, 0.717) is 23.4 Å². The Balaban J connectivity index is 2.22. The van der Waals surface area contributed by atoms with Crippen molar-refractivity contribution < 1.29 is 4.39 Å². The summed E-state index contributed by atoms with van der Waals surface area (Å²) in [7, 11) is 1.86. The van der Waals surface area contributed by atoms with E-state index in [1.165, 1.54) is 6.07 Å². The number of nitriles is 1. The number of aryl methyl sites for hydroxylation is 2. The molecule has 1 heterocycles. The first-order valence-electron chi connectivity index (χ1n) is 5.94. The first-order chi connectivity index (χ1) is 9.01. The summed E-state index contributed by atoms with van der Waals surface area (Å²) in [6.07, 6.45) is 1.92. The average Bonchev–Trinajstić information content (AvgIpc) is 2.69. The van der Waals surface area contributed by atoms with Crippen LogP contribution < -0.4 is 5.32 Å². The Morgan fingerprint density at radius 2 is 2.16 bits per heavy atom. The Bertz CT molecular complexity index is 652. The van der Waals surface area contributed by atoms with Gasteiger partial charge in [0.2, 0.25) is 0 Å². The summed E-state index contributed by atoms with van der Waals surface area (Å²) in [4.78, 5) is 0. The van der Waals surface area contributed by atoms with Crippen molar-refractivity contribution in [1.29, 1.82) is 5.26 Å². The molecule has 0 spiro atoms. The second kappa shape index (κ2) is 5.11. The molecule has 0 amide bonds. The molecule has 19 heavy (non-hydrogen) atoms. The molecule has 0 radical (unpaired) electrons. The summed E-state index contributed by atoms with van der Waals surface area (Å²) >= 11 is 0. The standard InChI is InChI=1S/C14H15FN4/c1-9-13(15)4-11(6-16)5-14(9)17-7-12-8-19(3)18-10(12)2/h4-5,8,17H,7H2,1-3H3. The number of anilines is 1. The third-order valence-corrected chi connectivity index (χ3v) is 3.06. The molecule has 2 aromatic rings. The van der Waals surface area contributed by atoms with Crippen LogP contribution in [0.15, 0.2) is 18.3 Å².